The summed E-state index contributed by atoms with van der Waals surface area (Å²) in [7, 11) is 0. The van der Waals surface area contributed by atoms with E-state index in [2.05, 4.69) is 53.3 Å². The van der Waals surface area contributed by atoms with Gasteiger partial charge in [0.25, 0.3) is 0 Å². The second kappa shape index (κ2) is 8.45. The normalized spacial score (nSPS) is 16.2. The molecule has 1 aliphatic carbocycles. The highest BCUT2D eigenvalue weighted by atomic mass is 79.9. The van der Waals surface area contributed by atoms with E-state index < -0.39 is 0 Å². The first-order valence-corrected chi connectivity index (χ1v) is 9.55. The summed E-state index contributed by atoms with van der Waals surface area (Å²) < 4.78 is 1.25. The van der Waals surface area contributed by atoms with Crippen molar-refractivity contribution >= 4 is 27.7 Å². The maximum absolute atomic E-state index is 3.73. The van der Waals surface area contributed by atoms with E-state index in [1.54, 1.807) is 0 Å². The first-order chi connectivity index (χ1) is 9.65. The van der Waals surface area contributed by atoms with Crippen LogP contribution in [0.4, 0.5) is 0 Å². The van der Waals surface area contributed by atoms with E-state index in [4.69, 9.17) is 0 Å². The minimum absolute atomic E-state index is 0.708. The van der Waals surface area contributed by atoms with Crippen LogP contribution in [0.15, 0.2) is 27.6 Å². The Hall–Kier alpha value is 0.01000. The van der Waals surface area contributed by atoms with Gasteiger partial charge >= 0.3 is 0 Å². The van der Waals surface area contributed by atoms with Gasteiger partial charge in [0.2, 0.25) is 0 Å². The molecule has 2 rings (SSSR count). The lowest BCUT2D eigenvalue weighted by Gasteiger charge is -2.12. The topological polar surface area (TPSA) is 12.0 Å². The molecule has 0 bridgehead atoms. The molecule has 0 aromatic heterocycles. The van der Waals surface area contributed by atoms with Crippen LogP contribution in [-0.4, -0.2) is 12.3 Å². The van der Waals surface area contributed by atoms with Crippen LogP contribution in [-0.2, 0) is 6.54 Å². The number of rotatable bonds is 7. The second-order valence-corrected chi connectivity index (χ2v) is 8.17. The Kier molecular flexibility index (Phi) is 6.92. The van der Waals surface area contributed by atoms with E-state index in [-0.39, 0.29) is 0 Å². The zero-order valence-electron chi connectivity index (χ0n) is 12.6. The number of thioether (sulfide) groups is 1. The first kappa shape index (κ1) is 16.4. The third kappa shape index (κ3) is 5.42. The standard InChI is InChI=1S/C17H26BrNS/c1-13(2)10-19-11-15-7-8-17(16(18)9-15)20-12-14-5-3-4-6-14/h7-9,13-14,19H,3-6,10-12H2,1-2H3. The highest BCUT2D eigenvalue weighted by Crippen LogP contribution is 2.34. The molecule has 3 heteroatoms. The van der Waals surface area contributed by atoms with Crippen molar-refractivity contribution in [1.82, 2.24) is 5.32 Å². The van der Waals surface area contributed by atoms with Crippen LogP contribution >= 0.6 is 27.7 Å². The molecule has 1 aromatic carbocycles. The van der Waals surface area contributed by atoms with Crippen LogP contribution in [0.5, 0.6) is 0 Å². The molecule has 1 saturated carbocycles. The molecule has 0 radical (unpaired) electrons. The quantitative estimate of drug-likeness (QED) is 0.650. The molecule has 0 amide bonds. The van der Waals surface area contributed by atoms with Crippen molar-refractivity contribution < 1.29 is 0 Å². The molecule has 0 spiro atoms. The Balaban J connectivity index is 1.81. The van der Waals surface area contributed by atoms with Gasteiger partial charge in [0, 0.05) is 21.7 Å². The smallest absolute Gasteiger partial charge is 0.0314 e. The predicted octanol–water partition coefficient (Wildman–Crippen LogP) is 5.48. The fraction of sp³-hybridized carbons (Fsp3) is 0.647. The van der Waals surface area contributed by atoms with Gasteiger partial charge in [-0.2, -0.15) is 0 Å². The minimum Gasteiger partial charge on any atom is -0.312 e. The van der Waals surface area contributed by atoms with Crippen LogP contribution in [0.2, 0.25) is 0 Å². The van der Waals surface area contributed by atoms with Gasteiger partial charge in [-0.25, -0.2) is 0 Å². The van der Waals surface area contributed by atoms with Gasteiger partial charge in [0.1, 0.15) is 0 Å². The molecular weight excluding hydrogens is 330 g/mol. The van der Waals surface area contributed by atoms with Gasteiger partial charge in [-0.1, -0.05) is 32.8 Å². The highest BCUT2D eigenvalue weighted by molar-refractivity contribution is 9.10. The molecule has 0 atom stereocenters. The molecule has 1 fully saturated rings. The van der Waals surface area contributed by atoms with E-state index in [1.807, 2.05) is 11.8 Å². The summed E-state index contributed by atoms with van der Waals surface area (Å²) in [6.07, 6.45) is 5.74. The Labute approximate surface area is 136 Å². The molecule has 1 aliphatic rings. The summed E-state index contributed by atoms with van der Waals surface area (Å²) >= 11 is 5.74. The molecule has 1 nitrogen and oxygen atoms in total. The number of hydrogen-bond acceptors (Lipinski definition) is 2. The molecular formula is C17H26BrNS. The fourth-order valence-corrected chi connectivity index (χ4v) is 4.54. The SMILES string of the molecule is CC(C)CNCc1ccc(SCC2CCCC2)c(Br)c1. The number of nitrogens with one attached hydrogen (secondary N) is 1. The fourth-order valence-electron chi connectivity index (χ4n) is 2.66. The van der Waals surface area contributed by atoms with Gasteiger partial charge < -0.3 is 5.32 Å². The van der Waals surface area contributed by atoms with E-state index in [0.717, 1.165) is 19.0 Å². The summed E-state index contributed by atoms with van der Waals surface area (Å²) in [4.78, 5) is 1.39. The van der Waals surface area contributed by atoms with Crippen LogP contribution < -0.4 is 5.32 Å². The maximum atomic E-state index is 3.73. The molecule has 1 N–H and O–H groups in total. The lowest BCUT2D eigenvalue weighted by Crippen LogP contribution is -2.18. The molecule has 0 saturated heterocycles. The van der Waals surface area contributed by atoms with E-state index in [1.165, 1.54) is 46.4 Å². The van der Waals surface area contributed by atoms with Crippen molar-refractivity contribution in [2.75, 3.05) is 12.3 Å². The largest absolute Gasteiger partial charge is 0.312 e. The van der Waals surface area contributed by atoms with E-state index in [9.17, 15) is 0 Å². The van der Waals surface area contributed by atoms with Crippen LogP contribution in [0.1, 0.15) is 45.1 Å². The molecule has 112 valence electrons. The number of benzene rings is 1. The van der Waals surface area contributed by atoms with Gasteiger partial charge in [0.15, 0.2) is 0 Å². The number of halogens is 1. The van der Waals surface area contributed by atoms with Crippen molar-refractivity contribution in [2.45, 2.75) is 51.0 Å². The summed E-state index contributed by atoms with van der Waals surface area (Å²) in [5.41, 5.74) is 1.36. The zero-order valence-corrected chi connectivity index (χ0v) is 15.0. The Bertz CT molecular complexity index is 413. The minimum atomic E-state index is 0.708. The van der Waals surface area contributed by atoms with Crippen LogP contribution in [0.25, 0.3) is 0 Å². The molecule has 0 unspecified atom stereocenters. The van der Waals surface area contributed by atoms with E-state index in [0.29, 0.717) is 5.92 Å². The van der Waals surface area contributed by atoms with E-state index >= 15 is 0 Å². The van der Waals surface area contributed by atoms with Gasteiger partial charge in [-0.15, -0.1) is 11.8 Å². The molecule has 0 heterocycles. The third-order valence-corrected chi connectivity index (χ3v) is 6.05. The van der Waals surface area contributed by atoms with Crippen LogP contribution in [0.3, 0.4) is 0 Å². The van der Waals surface area contributed by atoms with Gasteiger partial charge in [-0.05, 0) is 64.8 Å². The van der Waals surface area contributed by atoms with Gasteiger partial charge in [0.05, 0.1) is 0 Å². The Morgan fingerprint density at radius 1 is 1.30 bits per heavy atom. The summed E-state index contributed by atoms with van der Waals surface area (Å²) in [6, 6.07) is 6.80. The highest BCUT2D eigenvalue weighted by Gasteiger charge is 2.15. The summed E-state index contributed by atoms with van der Waals surface area (Å²) in [5, 5.41) is 3.50. The third-order valence-electron chi connectivity index (χ3n) is 3.83. The van der Waals surface area contributed by atoms with Crippen molar-refractivity contribution in [2.24, 2.45) is 11.8 Å². The summed E-state index contributed by atoms with van der Waals surface area (Å²) in [5.74, 6) is 2.93. The Morgan fingerprint density at radius 2 is 2.05 bits per heavy atom. The van der Waals surface area contributed by atoms with Crippen molar-refractivity contribution in [1.29, 1.82) is 0 Å². The van der Waals surface area contributed by atoms with Crippen molar-refractivity contribution in [3.05, 3.63) is 28.2 Å². The molecule has 20 heavy (non-hydrogen) atoms. The van der Waals surface area contributed by atoms with Crippen molar-refractivity contribution in [3.8, 4) is 0 Å². The maximum Gasteiger partial charge on any atom is 0.0314 e. The number of hydrogen-bond donors (Lipinski definition) is 1. The second-order valence-electron chi connectivity index (χ2n) is 6.25. The average Bonchev–Trinajstić information content (AvgIpc) is 2.90. The lowest BCUT2D eigenvalue weighted by atomic mass is 10.1. The molecule has 0 aliphatic heterocycles. The average molecular weight is 356 g/mol. The lowest BCUT2D eigenvalue weighted by molar-refractivity contribution is 0.552. The van der Waals surface area contributed by atoms with Crippen molar-refractivity contribution in [3.63, 3.8) is 0 Å². The summed E-state index contributed by atoms with van der Waals surface area (Å²) in [6.45, 7) is 6.53. The first-order valence-electron chi connectivity index (χ1n) is 7.77. The van der Waals surface area contributed by atoms with Gasteiger partial charge in [-0.3, -0.25) is 0 Å². The monoisotopic (exact) mass is 355 g/mol. The molecule has 1 aromatic rings. The Morgan fingerprint density at radius 3 is 2.70 bits per heavy atom. The zero-order chi connectivity index (χ0) is 14.4. The van der Waals surface area contributed by atoms with Crippen LogP contribution in [0, 0.1) is 11.8 Å². The predicted molar refractivity (Wildman–Crippen MR) is 93.4 cm³/mol.